The van der Waals surface area contributed by atoms with Crippen LogP contribution in [0.25, 0.3) is 0 Å². The van der Waals surface area contributed by atoms with Crippen molar-refractivity contribution in [2.24, 2.45) is 0 Å². The van der Waals surface area contributed by atoms with Gasteiger partial charge in [0, 0.05) is 36.1 Å². The number of rotatable bonds is 18. The normalized spacial score (nSPS) is 32.7. The molecule has 8 bridgehead atoms. The molecule has 0 spiro atoms. The molecule has 0 aliphatic heterocycles. The first kappa shape index (κ1) is 99.3. The van der Waals surface area contributed by atoms with E-state index >= 15 is 0 Å². The maximum Gasteiger partial charge on any atom is 0.438 e. The van der Waals surface area contributed by atoms with Crippen molar-refractivity contribution in [3.63, 3.8) is 0 Å². The largest absolute Gasteiger partial charge is 0.460 e. The predicted octanol–water partition coefficient (Wildman–Crippen LogP) is 16.8. The third kappa shape index (κ3) is 10.3. The molecule has 8 aliphatic rings. The summed E-state index contributed by atoms with van der Waals surface area (Å²) in [6.07, 6.45) is -41.1. The summed E-state index contributed by atoms with van der Waals surface area (Å²) in [5, 5.41) is 18.0. The molecule has 2 atom stereocenters. The number of carbonyl (C=O) groups is 4. The van der Waals surface area contributed by atoms with Crippen LogP contribution in [0.3, 0.4) is 0 Å². The van der Waals surface area contributed by atoms with Gasteiger partial charge in [-0.3, -0.25) is 0 Å². The lowest BCUT2D eigenvalue weighted by Gasteiger charge is -2.74. The molecule has 8 fully saturated rings. The third-order valence-corrected chi connectivity index (χ3v) is 17.1. The molecular formula is C50H28F52O10. The highest BCUT2D eigenvalue weighted by Gasteiger charge is 3.26. The highest BCUT2D eigenvalue weighted by molar-refractivity contribution is 5.88. The van der Waals surface area contributed by atoms with Gasteiger partial charge < -0.3 is 29.2 Å². The van der Waals surface area contributed by atoms with E-state index in [4.69, 9.17) is 10.2 Å². The van der Waals surface area contributed by atoms with Gasteiger partial charge in [-0.2, -0.15) is 193 Å². The van der Waals surface area contributed by atoms with Crippen molar-refractivity contribution in [3.8, 4) is 0 Å². The van der Waals surface area contributed by atoms with Crippen LogP contribution in [-0.2, 0) is 38.1 Å². The van der Waals surface area contributed by atoms with E-state index in [1.165, 1.54) is 0 Å². The summed E-state index contributed by atoms with van der Waals surface area (Å²) in [6.45, 7) is 9.00. The van der Waals surface area contributed by atoms with Crippen LogP contribution in [0.4, 0.5) is 228 Å². The second kappa shape index (κ2) is 25.8. The zero-order chi connectivity index (χ0) is 90.7. The Labute approximate surface area is 578 Å². The number of hydrogen-bond donors (Lipinski definition) is 2. The summed E-state index contributed by atoms with van der Waals surface area (Å²) in [5.74, 6) is -130. The topological polar surface area (TPSA) is 146 Å². The molecule has 8 rings (SSSR count). The average Bonchev–Trinajstić information content (AvgIpc) is 0.593. The minimum absolute atomic E-state index is 0.316. The smallest absolute Gasteiger partial charge is 0.438 e. The SMILES string of the molecule is C=C(C)C(=O)OC12C(F)(F)C3(F)C(F)(F)C(F)(C(F)(F)C(F)(C3(F)F)C1(F)F)C2(F)F.C=C(C)C(=O)OCC(O)CC(F)(F)C(F)(F)C(F)(C(F)(F)F)C(F)(F)F.C=CC(=O)OC12C(F)(F)C3(F)C(F)(F)C(F)(C(F)(F)C(F)(C3(F)F)C1(F)F)C2(F)F.C=CC(=O)OCC(O)CC(F)(F)C(F)(F)C(F)(C(F)(F)F)C(F)(F)F. The molecule has 0 radical (unpaired) electrons. The van der Waals surface area contributed by atoms with Gasteiger partial charge in [-0.1, -0.05) is 26.3 Å². The molecule has 0 saturated heterocycles. The van der Waals surface area contributed by atoms with Crippen molar-refractivity contribution in [1.29, 1.82) is 0 Å². The fraction of sp³-hybridized carbons (Fsp3) is 0.760. The van der Waals surface area contributed by atoms with Gasteiger partial charge in [0.05, 0.1) is 12.2 Å². The summed E-state index contributed by atoms with van der Waals surface area (Å²) in [6, 6.07) is 0. The van der Waals surface area contributed by atoms with Crippen molar-refractivity contribution in [1.82, 2.24) is 0 Å². The molecule has 62 heteroatoms. The molecule has 0 aromatic rings. The van der Waals surface area contributed by atoms with Gasteiger partial charge in [0.2, 0.25) is 0 Å². The van der Waals surface area contributed by atoms with Crippen LogP contribution in [0, 0.1) is 0 Å². The first-order chi connectivity index (χ1) is 48.4. The fourth-order valence-electron chi connectivity index (χ4n) is 11.5. The molecule has 0 heterocycles. The van der Waals surface area contributed by atoms with Gasteiger partial charge in [-0.05, 0) is 13.8 Å². The number of aliphatic hydroxyl groups excluding tert-OH is 2. The highest BCUT2D eigenvalue weighted by atomic mass is 19.5. The van der Waals surface area contributed by atoms with Crippen molar-refractivity contribution >= 4 is 23.9 Å². The average molecular weight is 1780 g/mol. The maximum atomic E-state index is 14.7. The van der Waals surface area contributed by atoms with E-state index < -0.39 is 250 Å². The number of alkyl halides is 52. The lowest BCUT2D eigenvalue weighted by atomic mass is 9.40. The van der Waals surface area contributed by atoms with Crippen LogP contribution in [0.15, 0.2) is 49.6 Å². The Morgan fingerprint density at radius 3 is 0.679 bits per heavy atom. The van der Waals surface area contributed by atoms with Gasteiger partial charge in [-0.25, -0.2) is 54.3 Å². The minimum atomic E-state index is -7.91. The van der Waals surface area contributed by atoms with E-state index in [1.54, 1.807) is 0 Å². The van der Waals surface area contributed by atoms with E-state index in [0.717, 1.165) is 6.92 Å². The van der Waals surface area contributed by atoms with Gasteiger partial charge in [0.25, 0.3) is 0 Å². The molecule has 2 unspecified atom stereocenters. The van der Waals surface area contributed by atoms with Gasteiger partial charge in [-0.15, -0.1) is 0 Å². The maximum absolute atomic E-state index is 14.7. The van der Waals surface area contributed by atoms with Gasteiger partial charge >= 0.3 is 200 Å². The van der Waals surface area contributed by atoms with Crippen molar-refractivity contribution in [2.75, 3.05) is 13.2 Å². The Hall–Kier alpha value is -6.88. The first-order valence-corrected chi connectivity index (χ1v) is 26.9. The van der Waals surface area contributed by atoms with Crippen LogP contribution in [0.5, 0.6) is 0 Å². The lowest BCUT2D eigenvalue weighted by molar-refractivity contribution is -0.615. The Morgan fingerprint density at radius 2 is 0.500 bits per heavy atom. The first-order valence-electron chi connectivity index (χ1n) is 26.9. The monoisotopic (exact) mass is 1780 g/mol. The van der Waals surface area contributed by atoms with Gasteiger partial charge in [0.1, 0.15) is 13.2 Å². The molecule has 0 aromatic carbocycles. The number of carbonyl (C=O) groups excluding carboxylic acids is 4. The molecule has 0 amide bonds. The molecule has 10 nitrogen and oxygen atoms in total. The van der Waals surface area contributed by atoms with Crippen LogP contribution in [0.1, 0.15) is 26.7 Å². The summed E-state index contributed by atoms with van der Waals surface area (Å²) < 4.78 is 724. The number of hydrogen-bond acceptors (Lipinski definition) is 10. The van der Waals surface area contributed by atoms with E-state index in [1.807, 2.05) is 0 Å². The number of esters is 4. The molecule has 8 aliphatic carbocycles. The number of aliphatic hydroxyl groups is 2. The number of halogens is 52. The Balaban J connectivity index is 0.000000389. The van der Waals surface area contributed by atoms with Crippen LogP contribution < -0.4 is 0 Å². The van der Waals surface area contributed by atoms with E-state index in [0.29, 0.717) is 13.0 Å². The van der Waals surface area contributed by atoms with Crippen molar-refractivity contribution in [3.05, 3.63) is 49.6 Å². The van der Waals surface area contributed by atoms with E-state index in [9.17, 15) is 247 Å². The van der Waals surface area contributed by atoms with Crippen LogP contribution >= 0.6 is 0 Å². The second-order valence-corrected chi connectivity index (χ2v) is 23.8. The standard InChI is InChI=1S/C14H5F15O2.C13H3F15O2.C12H11F11O3.C11H9F11O3/c1-3(2)4(30)31-8-12(24,25)5(15)9(18,19)6(16,13(8,26)27)11(22,23)7(17,10(5,20)21)14(8,28)29;1-2-3(29)30-7-11(23,24)4(14)8(17,18)5(15,12(7,25)26)10(21,22)6(16,9(4,19)20)13(7,27)28;1-5(2)7(25)26-4-6(24)3-8(13,14)10(16,17)9(15,11(18,19)20)12(21,22)23;1-2-6(24)25-4-5(23)3-7(12,13)9(15,16)8(14,10(17,18)19)11(20,21)22/h1H2,2H3;2H,1H2;6,24H,1,3-4H2,2H3;2,5,23H,1,3-4H2. The molecule has 112 heavy (non-hydrogen) atoms. The summed E-state index contributed by atoms with van der Waals surface area (Å²) >= 11 is 0. The molecule has 8 saturated carbocycles. The summed E-state index contributed by atoms with van der Waals surface area (Å²) in [4.78, 5) is 44.0. The second-order valence-electron chi connectivity index (χ2n) is 23.8. The zero-order valence-electron chi connectivity index (χ0n) is 51.8. The molecule has 0 aromatic heterocycles. The molecular weight excluding hydrogens is 1750 g/mol. The van der Waals surface area contributed by atoms with Crippen molar-refractivity contribution < 1.29 is 277 Å². The highest BCUT2D eigenvalue weighted by Crippen LogP contribution is 2.91. The van der Waals surface area contributed by atoms with E-state index in [-0.39, 0.29) is 5.57 Å². The quantitative estimate of drug-likeness (QED) is 0.0589. The summed E-state index contributed by atoms with van der Waals surface area (Å²) in [7, 11) is 0. The van der Waals surface area contributed by atoms with Gasteiger partial charge in [0.15, 0.2) is 0 Å². The zero-order valence-corrected chi connectivity index (χ0v) is 51.8. The molecule has 2 N–H and O–H groups in total. The fourth-order valence-corrected chi connectivity index (χ4v) is 11.5. The van der Waals surface area contributed by atoms with Crippen LogP contribution in [0.2, 0.25) is 0 Å². The Bertz CT molecular complexity index is 3470. The Kier molecular flexibility index (Phi) is 22.9. The van der Waals surface area contributed by atoms with Crippen molar-refractivity contribution in [2.45, 2.75) is 215 Å². The van der Waals surface area contributed by atoms with Crippen LogP contribution in [-0.4, -0.2) is 236 Å². The summed E-state index contributed by atoms with van der Waals surface area (Å²) in [5.41, 5.74) is -78.1. The third-order valence-electron chi connectivity index (χ3n) is 17.1. The Morgan fingerprint density at radius 1 is 0.312 bits per heavy atom. The van der Waals surface area contributed by atoms with E-state index in [2.05, 4.69) is 45.3 Å². The number of ether oxygens (including phenoxy) is 4. The lowest BCUT2D eigenvalue weighted by Crippen LogP contribution is -3.10. The predicted molar refractivity (Wildman–Crippen MR) is 245 cm³/mol. The molecule has 652 valence electrons. The minimum Gasteiger partial charge on any atom is -0.460 e.